The third-order valence-electron chi connectivity index (χ3n) is 5.36. The number of hydrogen-bond donors (Lipinski definition) is 2. The summed E-state index contributed by atoms with van der Waals surface area (Å²) in [6.45, 7) is 0. The Kier molecular flexibility index (Phi) is 4.91. The van der Waals surface area contributed by atoms with E-state index in [2.05, 4.69) is 19.3 Å². The number of nitrogens with one attached hydrogen (secondary N) is 1. The molecule has 1 fully saturated rings. The molecule has 0 amide bonds. The third kappa shape index (κ3) is 3.53. The van der Waals surface area contributed by atoms with Crippen LogP contribution in [0.1, 0.15) is 31.7 Å². The average Bonchev–Trinajstić information content (AvgIpc) is 3.31. The van der Waals surface area contributed by atoms with Crippen molar-refractivity contribution in [1.29, 1.82) is 0 Å². The molecule has 0 bridgehead atoms. The van der Waals surface area contributed by atoms with Crippen LogP contribution in [0.2, 0.25) is 0 Å². The summed E-state index contributed by atoms with van der Waals surface area (Å²) >= 11 is 0. The van der Waals surface area contributed by atoms with Gasteiger partial charge in [-0.05, 0) is 30.5 Å². The van der Waals surface area contributed by atoms with Crippen molar-refractivity contribution in [2.75, 3.05) is 24.6 Å². The number of nitrogens with zero attached hydrogens (tertiary/aromatic N) is 4. The molecule has 8 nitrogen and oxygen atoms in total. The second-order valence-electron chi connectivity index (χ2n) is 7.43. The fraction of sp³-hybridized carbons (Fsp3) is 0.368. The van der Waals surface area contributed by atoms with Crippen molar-refractivity contribution in [2.24, 2.45) is 0 Å². The maximum atomic E-state index is 14.7. The molecule has 154 valence electrons. The highest BCUT2D eigenvalue weighted by Gasteiger charge is 2.23. The maximum absolute atomic E-state index is 14.7. The predicted molar refractivity (Wildman–Crippen MR) is 111 cm³/mol. The fourth-order valence-corrected chi connectivity index (χ4v) is 4.41. The molecule has 4 rings (SSSR count). The second-order valence-corrected chi connectivity index (χ2v) is 9.31. The molecule has 0 spiro atoms. The van der Waals surface area contributed by atoms with Crippen LogP contribution < -0.4 is 10.5 Å². The first-order chi connectivity index (χ1) is 13.8. The SMILES string of the molecule is CN(C)S(=O)(=O)Nc1ccc(-c2cn(C3CCCC3)c3ncnc(N)c23)cc1F. The van der Waals surface area contributed by atoms with Crippen LogP contribution in [0.3, 0.4) is 0 Å². The van der Waals surface area contributed by atoms with Crippen LogP contribution in [0.5, 0.6) is 0 Å². The molecule has 0 atom stereocenters. The highest BCUT2D eigenvalue weighted by atomic mass is 32.2. The number of anilines is 2. The highest BCUT2D eigenvalue weighted by molar-refractivity contribution is 7.90. The van der Waals surface area contributed by atoms with Crippen molar-refractivity contribution in [3.05, 3.63) is 36.5 Å². The number of nitrogen functional groups attached to an aromatic ring is 1. The molecule has 3 aromatic rings. The Morgan fingerprint density at radius 3 is 2.62 bits per heavy atom. The lowest BCUT2D eigenvalue weighted by Gasteiger charge is -2.14. The predicted octanol–water partition coefficient (Wildman–Crippen LogP) is 3.15. The van der Waals surface area contributed by atoms with Gasteiger partial charge in [0.05, 0.1) is 11.1 Å². The Hall–Kier alpha value is -2.72. The molecule has 0 radical (unpaired) electrons. The first-order valence-corrected chi connectivity index (χ1v) is 10.8. The van der Waals surface area contributed by atoms with E-state index in [-0.39, 0.29) is 5.69 Å². The summed E-state index contributed by atoms with van der Waals surface area (Å²) in [5.41, 5.74) is 8.06. The van der Waals surface area contributed by atoms with E-state index in [1.54, 1.807) is 6.07 Å². The molecule has 3 N–H and O–H groups in total. The monoisotopic (exact) mass is 418 g/mol. The normalized spacial score (nSPS) is 15.4. The van der Waals surface area contributed by atoms with E-state index in [4.69, 9.17) is 5.73 Å². The fourth-order valence-electron chi connectivity index (χ4n) is 3.78. The number of aromatic nitrogens is 3. The van der Waals surface area contributed by atoms with Crippen molar-refractivity contribution < 1.29 is 12.8 Å². The van der Waals surface area contributed by atoms with Gasteiger partial charge in [-0.25, -0.2) is 14.4 Å². The summed E-state index contributed by atoms with van der Waals surface area (Å²) in [4.78, 5) is 8.53. The molecular weight excluding hydrogens is 395 g/mol. The second kappa shape index (κ2) is 7.27. The summed E-state index contributed by atoms with van der Waals surface area (Å²) in [7, 11) is -1.06. The largest absolute Gasteiger partial charge is 0.383 e. The quantitative estimate of drug-likeness (QED) is 0.662. The summed E-state index contributed by atoms with van der Waals surface area (Å²) < 4.78 is 44.0. The van der Waals surface area contributed by atoms with Crippen LogP contribution in [0, 0.1) is 5.82 Å². The van der Waals surface area contributed by atoms with Gasteiger partial charge in [0.25, 0.3) is 0 Å². The minimum absolute atomic E-state index is 0.119. The van der Waals surface area contributed by atoms with Crippen molar-refractivity contribution in [3.8, 4) is 11.1 Å². The molecule has 1 saturated carbocycles. The highest BCUT2D eigenvalue weighted by Crippen LogP contribution is 2.39. The summed E-state index contributed by atoms with van der Waals surface area (Å²) in [6.07, 6.45) is 7.83. The van der Waals surface area contributed by atoms with E-state index in [0.717, 1.165) is 41.2 Å². The van der Waals surface area contributed by atoms with Crippen LogP contribution in [0.25, 0.3) is 22.2 Å². The molecule has 1 aliphatic rings. The van der Waals surface area contributed by atoms with Crippen LogP contribution in [-0.4, -0.2) is 41.4 Å². The standard InChI is InChI=1S/C19H23FN6O2S/c1-25(2)29(27,28)24-16-8-7-12(9-15(16)20)14-10-26(13-5-3-4-6-13)19-17(14)18(21)22-11-23-19/h7-11,13,24H,3-6H2,1-2H3,(H2,21,22,23). The van der Waals surface area contributed by atoms with Crippen LogP contribution in [0.15, 0.2) is 30.7 Å². The van der Waals surface area contributed by atoms with Gasteiger partial charge < -0.3 is 10.3 Å². The number of rotatable bonds is 5. The first kappa shape index (κ1) is 19.6. The Morgan fingerprint density at radius 1 is 1.24 bits per heavy atom. The van der Waals surface area contributed by atoms with Crippen molar-refractivity contribution in [3.63, 3.8) is 0 Å². The minimum atomic E-state index is -3.80. The maximum Gasteiger partial charge on any atom is 0.301 e. The lowest BCUT2D eigenvalue weighted by Crippen LogP contribution is -2.29. The van der Waals surface area contributed by atoms with E-state index in [1.807, 2.05) is 6.20 Å². The molecule has 10 heteroatoms. The van der Waals surface area contributed by atoms with Crippen molar-refractivity contribution in [1.82, 2.24) is 18.8 Å². The zero-order chi connectivity index (χ0) is 20.8. The molecule has 0 aliphatic heterocycles. The molecule has 0 saturated heterocycles. The summed E-state index contributed by atoms with van der Waals surface area (Å²) in [5.74, 6) is -0.343. The molecule has 2 aromatic heterocycles. The van der Waals surface area contributed by atoms with Crippen LogP contribution in [0.4, 0.5) is 15.9 Å². The van der Waals surface area contributed by atoms with Gasteiger partial charge in [0.1, 0.15) is 23.6 Å². The van der Waals surface area contributed by atoms with Gasteiger partial charge in [-0.1, -0.05) is 18.9 Å². The van der Waals surface area contributed by atoms with Crippen molar-refractivity contribution >= 4 is 32.7 Å². The number of hydrogen-bond acceptors (Lipinski definition) is 5. The Bertz CT molecular complexity index is 1170. The Balaban J connectivity index is 1.80. The van der Waals surface area contributed by atoms with Gasteiger partial charge in [-0.2, -0.15) is 12.7 Å². The zero-order valence-corrected chi connectivity index (χ0v) is 17.1. The molecule has 1 aromatic carbocycles. The number of halogens is 1. The number of benzene rings is 1. The van der Waals surface area contributed by atoms with Crippen LogP contribution >= 0.6 is 0 Å². The average molecular weight is 418 g/mol. The smallest absolute Gasteiger partial charge is 0.301 e. The van der Waals surface area contributed by atoms with Gasteiger partial charge in [0, 0.05) is 31.9 Å². The number of nitrogens with two attached hydrogens (primary N) is 1. The molecular formula is C19H23FN6O2S. The zero-order valence-electron chi connectivity index (χ0n) is 16.3. The van der Waals surface area contributed by atoms with Gasteiger partial charge in [0.2, 0.25) is 0 Å². The van der Waals surface area contributed by atoms with Crippen LogP contribution in [-0.2, 0) is 10.2 Å². The van der Waals surface area contributed by atoms with E-state index < -0.39 is 16.0 Å². The topological polar surface area (TPSA) is 106 Å². The molecule has 0 unspecified atom stereocenters. The Morgan fingerprint density at radius 2 is 1.97 bits per heavy atom. The lowest BCUT2D eigenvalue weighted by atomic mass is 10.1. The third-order valence-corrected chi connectivity index (χ3v) is 6.80. The lowest BCUT2D eigenvalue weighted by molar-refractivity contribution is 0.526. The number of fused-ring (bicyclic) bond motifs is 1. The minimum Gasteiger partial charge on any atom is -0.383 e. The first-order valence-electron chi connectivity index (χ1n) is 9.39. The van der Waals surface area contributed by atoms with Gasteiger partial charge in [-0.15, -0.1) is 0 Å². The van der Waals surface area contributed by atoms with Crippen molar-refractivity contribution in [2.45, 2.75) is 31.7 Å². The summed E-state index contributed by atoms with van der Waals surface area (Å²) in [6, 6.07) is 4.70. The van der Waals surface area contributed by atoms with Gasteiger partial charge in [0.15, 0.2) is 0 Å². The molecule has 2 heterocycles. The van der Waals surface area contributed by atoms with E-state index in [0.29, 0.717) is 22.8 Å². The van der Waals surface area contributed by atoms with Gasteiger partial charge in [-0.3, -0.25) is 4.72 Å². The Labute approximate surface area is 168 Å². The van der Waals surface area contributed by atoms with E-state index >= 15 is 0 Å². The van der Waals surface area contributed by atoms with E-state index in [9.17, 15) is 12.8 Å². The van der Waals surface area contributed by atoms with E-state index in [1.165, 1.54) is 32.6 Å². The summed E-state index contributed by atoms with van der Waals surface area (Å²) in [5, 5.41) is 0.681. The van der Waals surface area contributed by atoms with Gasteiger partial charge >= 0.3 is 10.2 Å². The molecule has 29 heavy (non-hydrogen) atoms. The molecule has 1 aliphatic carbocycles.